The van der Waals surface area contributed by atoms with Gasteiger partial charge in [-0.05, 0) is 47.0 Å². The van der Waals surface area contributed by atoms with Crippen LogP contribution in [0.5, 0.6) is 0 Å². The lowest BCUT2D eigenvalue weighted by atomic mass is 10.0. The zero-order chi connectivity index (χ0) is 11.4. The van der Waals surface area contributed by atoms with Gasteiger partial charge in [-0.15, -0.1) is 0 Å². The molecule has 0 aliphatic carbocycles. The second-order valence-corrected chi connectivity index (χ2v) is 4.80. The number of halogens is 2. The smallest absolute Gasteiger partial charge is 0.137 e. The first-order valence-electron chi connectivity index (χ1n) is 5.26. The first-order chi connectivity index (χ1) is 7.04. The quantitative estimate of drug-likeness (QED) is 0.856. The molecule has 0 radical (unpaired) electrons. The fourth-order valence-electron chi connectivity index (χ4n) is 1.34. The van der Waals surface area contributed by atoms with Crippen LogP contribution in [0.2, 0.25) is 0 Å². The lowest BCUT2D eigenvalue weighted by Crippen LogP contribution is -2.23. The minimum absolute atomic E-state index is 0.225. The minimum Gasteiger partial charge on any atom is -0.382 e. The molecule has 0 saturated carbocycles. The monoisotopic (exact) mass is 273 g/mol. The molecule has 15 heavy (non-hydrogen) atoms. The normalized spacial score (nSPS) is 14.7. The Balaban J connectivity index is 2.68. The molecule has 1 N–H and O–H groups in total. The summed E-state index contributed by atoms with van der Waals surface area (Å²) in [5.74, 6) is 0.380. The number of rotatable bonds is 4. The van der Waals surface area contributed by atoms with Gasteiger partial charge >= 0.3 is 0 Å². The second-order valence-electron chi connectivity index (χ2n) is 3.95. The first-order valence-corrected chi connectivity index (χ1v) is 6.05. The van der Waals surface area contributed by atoms with Gasteiger partial charge in [-0.3, -0.25) is 0 Å². The van der Waals surface area contributed by atoms with Crippen molar-refractivity contribution in [1.82, 2.24) is 0 Å². The number of hydrogen-bond acceptors (Lipinski definition) is 1. The SMILES string of the molecule is CCC(C)C(C)Nc1ccc(F)c(Br)c1. The molecule has 0 aliphatic rings. The summed E-state index contributed by atoms with van der Waals surface area (Å²) in [5, 5.41) is 3.36. The van der Waals surface area contributed by atoms with Crippen molar-refractivity contribution in [3.63, 3.8) is 0 Å². The highest BCUT2D eigenvalue weighted by Gasteiger charge is 2.10. The summed E-state index contributed by atoms with van der Waals surface area (Å²) in [5.41, 5.74) is 0.955. The summed E-state index contributed by atoms with van der Waals surface area (Å²) in [4.78, 5) is 0. The third-order valence-corrected chi connectivity index (χ3v) is 3.42. The Labute approximate surface area is 99.2 Å². The number of hydrogen-bond donors (Lipinski definition) is 1. The van der Waals surface area contributed by atoms with E-state index in [1.165, 1.54) is 6.07 Å². The zero-order valence-corrected chi connectivity index (χ0v) is 10.9. The van der Waals surface area contributed by atoms with Crippen LogP contribution in [0.25, 0.3) is 0 Å². The maximum atomic E-state index is 13.0. The van der Waals surface area contributed by atoms with Gasteiger partial charge < -0.3 is 5.32 Å². The molecule has 2 atom stereocenters. The van der Waals surface area contributed by atoms with E-state index in [1.54, 1.807) is 12.1 Å². The molecule has 1 aromatic rings. The molecule has 84 valence electrons. The van der Waals surface area contributed by atoms with Gasteiger partial charge in [-0.1, -0.05) is 20.3 Å². The third-order valence-electron chi connectivity index (χ3n) is 2.81. The van der Waals surface area contributed by atoms with Crippen LogP contribution >= 0.6 is 15.9 Å². The van der Waals surface area contributed by atoms with Crippen molar-refractivity contribution >= 4 is 21.6 Å². The van der Waals surface area contributed by atoms with E-state index in [-0.39, 0.29) is 5.82 Å². The van der Waals surface area contributed by atoms with Crippen LogP contribution in [-0.4, -0.2) is 6.04 Å². The van der Waals surface area contributed by atoms with Gasteiger partial charge in [0.05, 0.1) is 4.47 Å². The Morgan fingerprint density at radius 2 is 2.07 bits per heavy atom. The number of benzene rings is 1. The number of anilines is 1. The van der Waals surface area contributed by atoms with Crippen molar-refractivity contribution in [2.24, 2.45) is 5.92 Å². The average molecular weight is 274 g/mol. The Hall–Kier alpha value is -0.570. The van der Waals surface area contributed by atoms with E-state index in [1.807, 2.05) is 0 Å². The molecule has 0 saturated heterocycles. The summed E-state index contributed by atoms with van der Waals surface area (Å²) in [6.45, 7) is 6.52. The van der Waals surface area contributed by atoms with Crippen LogP contribution in [0, 0.1) is 11.7 Å². The van der Waals surface area contributed by atoms with Crippen molar-refractivity contribution in [3.05, 3.63) is 28.5 Å². The molecule has 1 rings (SSSR count). The zero-order valence-electron chi connectivity index (χ0n) is 9.35. The van der Waals surface area contributed by atoms with Gasteiger partial charge in [0, 0.05) is 11.7 Å². The Bertz CT molecular complexity index is 327. The first kappa shape index (κ1) is 12.5. The van der Waals surface area contributed by atoms with Crippen molar-refractivity contribution in [3.8, 4) is 0 Å². The molecular formula is C12H17BrFN. The topological polar surface area (TPSA) is 12.0 Å². The second kappa shape index (κ2) is 5.50. The van der Waals surface area contributed by atoms with Crippen LogP contribution in [0.4, 0.5) is 10.1 Å². The summed E-state index contributed by atoms with van der Waals surface area (Å²) in [7, 11) is 0. The van der Waals surface area contributed by atoms with E-state index >= 15 is 0 Å². The van der Waals surface area contributed by atoms with Crippen LogP contribution in [0.1, 0.15) is 27.2 Å². The number of nitrogens with one attached hydrogen (secondary N) is 1. The third kappa shape index (κ3) is 3.49. The van der Waals surface area contributed by atoms with Crippen molar-refractivity contribution in [2.45, 2.75) is 33.2 Å². The van der Waals surface area contributed by atoms with Crippen LogP contribution in [-0.2, 0) is 0 Å². The summed E-state index contributed by atoms with van der Waals surface area (Å²) in [6, 6.07) is 5.40. The van der Waals surface area contributed by atoms with E-state index in [2.05, 4.69) is 42.0 Å². The molecule has 1 nitrogen and oxygen atoms in total. The van der Waals surface area contributed by atoms with Gasteiger partial charge in [0.2, 0.25) is 0 Å². The Morgan fingerprint density at radius 3 is 2.60 bits per heavy atom. The Kier molecular flexibility index (Phi) is 4.58. The van der Waals surface area contributed by atoms with Gasteiger partial charge in [-0.2, -0.15) is 0 Å². The maximum Gasteiger partial charge on any atom is 0.137 e. The highest BCUT2D eigenvalue weighted by molar-refractivity contribution is 9.10. The predicted octanol–water partition coefficient (Wildman–Crippen LogP) is 4.43. The van der Waals surface area contributed by atoms with Crippen molar-refractivity contribution in [2.75, 3.05) is 5.32 Å². The van der Waals surface area contributed by atoms with Crippen LogP contribution in [0.3, 0.4) is 0 Å². The lowest BCUT2D eigenvalue weighted by Gasteiger charge is -2.21. The van der Waals surface area contributed by atoms with Crippen molar-refractivity contribution < 1.29 is 4.39 Å². The van der Waals surface area contributed by atoms with Gasteiger partial charge in [0.15, 0.2) is 0 Å². The van der Waals surface area contributed by atoms with E-state index < -0.39 is 0 Å². The molecule has 1 aromatic carbocycles. The van der Waals surface area contributed by atoms with E-state index in [4.69, 9.17) is 0 Å². The highest BCUT2D eigenvalue weighted by Crippen LogP contribution is 2.22. The van der Waals surface area contributed by atoms with Gasteiger partial charge in [-0.25, -0.2) is 4.39 Å². The van der Waals surface area contributed by atoms with E-state index in [9.17, 15) is 4.39 Å². The molecule has 0 spiro atoms. The average Bonchev–Trinajstić information content (AvgIpc) is 2.22. The molecule has 2 unspecified atom stereocenters. The molecule has 0 bridgehead atoms. The van der Waals surface area contributed by atoms with Gasteiger partial charge in [0.25, 0.3) is 0 Å². The molecule has 3 heteroatoms. The molecule has 0 amide bonds. The summed E-state index contributed by atoms with van der Waals surface area (Å²) >= 11 is 3.18. The maximum absolute atomic E-state index is 13.0. The van der Waals surface area contributed by atoms with E-state index in [0.29, 0.717) is 16.4 Å². The molecule has 0 aliphatic heterocycles. The largest absolute Gasteiger partial charge is 0.382 e. The molecular weight excluding hydrogens is 257 g/mol. The Morgan fingerprint density at radius 1 is 1.40 bits per heavy atom. The lowest BCUT2D eigenvalue weighted by molar-refractivity contribution is 0.494. The summed E-state index contributed by atoms with van der Waals surface area (Å²) < 4.78 is 13.5. The minimum atomic E-state index is -0.225. The highest BCUT2D eigenvalue weighted by atomic mass is 79.9. The standard InChI is InChI=1S/C12H17BrFN/c1-4-8(2)9(3)15-10-5-6-12(14)11(13)7-10/h5-9,15H,4H2,1-3H3. The molecule has 0 fully saturated rings. The predicted molar refractivity (Wildman–Crippen MR) is 66.6 cm³/mol. The fraction of sp³-hybridized carbons (Fsp3) is 0.500. The summed E-state index contributed by atoms with van der Waals surface area (Å²) in [6.07, 6.45) is 1.14. The molecule has 0 heterocycles. The van der Waals surface area contributed by atoms with Gasteiger partial charge in [0.1, 0.15) is 5.82 Å². The van der Waals surface area contributed by atoms with Crippen LogP contribution < -0.4 is 5.32 Å². The molecule has 0 aromatic heterocycles. The van der Waals surface area contributed by atoms with Crippen LogP contribution in [0.15, 0.2) is 22.7 Å². The van der Waals surface area contributed by atoms with Crippen molar-refractivity contribution in [1.29, 1.82) is 0 Å². The fourth-order valence-corrected chi connectivity index (χ4v) is 1.72. The van der Waals surface area contributed by atoms with E-state index in [0.717, 1.165) is 12.1 Å².